The molecule has 2 aromatic carbocycles. The van der Waals surface area contributed by atoms with Crippen molar-refractivity contribution in [1.82, 2.24) is 9.88 Å². The Morgan fingerprint density at radius 2 is 1.77 bits per heavy atom. The highest BCUT2D eigenvalue weighted by Gasteiger charge is 2.34. The first-order valence-corrected chi connectivity index (χ1v) is 13.2. The minimum atomic E-state index is -3.82. The van der Waals surface area contributed by atoms with Crippen LogP contribution in [0.1, 0.15) is 67.3 Å². The van der Waals surface area contributed by atoms with E-state index in [9.17, 15) is 18.0 Å². The lowest BCUT2D eigenvalue weighted by Gasteiger charge is -2.37. The van der Waals surface area contributed by atoms with Gasteiger partial charge in [-0.05, 0) is 66.9 Å². The molecule has 1 unspecified atom stereocenters. The first kappa shape index (κ1) is 25.0. The first-order valence-electron chi connectivity index (χ1n) is 11.6. The van der Waals surface area contributed by atoms with Crippen molar-refractivity contribution >= 4 is 21.6 Å². The third kappa shape index (κ3) is 4.49. The zero-order valence-corrected chi connectivity index (χ0v) is 21.5. The molecule has 4 rings (SSSR count). The number of Topliss-reactive ketones (excluding diaryl/α,β-unsaturated/α-hetero) is 2. The Bertz CT molecular complexity index is 1430. The molecule has 0 saturated heterocycles. The average molecular weight is 494 g/mol. The molecule has 1 atom stereocenters. The van der Waals surface area contributed by atoms with Gasteiger partial charge in [-0.2, -0.15) is 0 Å². The number of aromatic nitrogens is 1. The van der Waals surface area contributed by atoms with E-state index in [1.54, 1.807) is 19.1 Å². The molecule has 184 valence electrons. The predicted octanol–water partition coefficient (Wildman–Crippen LogP) is 4.20. The van der Waals surface area contributed by atoms with Crippen LogP contribution in [0, 0.1) is 6.92 Å². The van der Waals surface area contributed by atoms with Crippen molar-refractivity contribution in [3.63, 3.8) is 0 Å². The van der Waals surface area contributed by atoms with Crippen molar-refractivity contribution in [2.75, 3.05) is 6.54 Å². The Balaban J connectivity index is 1.94. The highest BCUT2D eigenvalue weighted by Crippen LogP contribution is 2.39. The number of sulfonamides is 1. The summed E-state index contributed by atoms with van der Waals surface area (Å²) in [6.45, 7) is 10.3. The number of carbonyl (C=O) groups excluding carboxylic acids is 2. The van der Waals surface area contributed by atoms with Gasteiger partial charge in [0.05, 0.1) is 16.6 Å². The smallest absolute Gasteiger partial charge is 0.238 e. The number of benzene rings is 2. The van der Waals surface area contributed by atoms with Gasteiger partial charge in [0, 0.05) is 35.3 Å². The fourth-order valence-electron chi connectivity index (χ4n) is 4.89. The molecule has 2 heterocycles. The number of carbonyl (C=O) groups is 2. The summed E-state index contributed by atoms with van der Waals surface area (Å²) < 4.78 is 25.4. The number of ketones is 2. The molecule has 1 aromatic heterocycles. The number of primary sulfonamides is 1. The summed E-state index contributed by atoms with van der Waals surface area (Å²) in [5, 5.41) is 8.63. The molecule has 3 N–H and O–H groups in total. The van der Waals surface area contributed by atoms with Crippen LogP contribution >= 0.6 is 0 Å². The van der Waals surface area contributed by atoms with Crippen LogP contribution in [-0.2, 0) is 20.2 Å². The van der Waals surface area contributed by atoms with Gasteiger partial charge in [0.15, 0.2) is 11.6 Å². The van der Waals surface area contributed by atoms with E-state index in [0.29, 0.717) is 18.5 Å². The standard InChI is InChI=1S/C27H31N3O4S/c1-6-25(32)22-14-24(30(16(22)2)19-8-10-20(11-9-19)35(28,33)34)18-7-12-21-23(13-18)27(4,5)15-29-26(21)17(3)31/h7-14,26,29H,6,15H2,1-5H3,(H2,28,33,34). The summed E-state index contributed by atoms with van der Waals surface area (Å²) >= 11 is 0. The average Bonchev–Trinajstić information content (AvgIpc) is 3.14. The van der Waals surface area contributed by atoms with Crippen molar-refractivity contribution in [3.05, 3.63) is 70.9 Å². The summed E-state index contributed by atoms with van der Waals surface area (Å²) in [6, 6.07) is 13.9. The maximum atomic E-state index is 12.7. The van der Waals surface area contributed by atoms with E-state index in [1.807, 2.05) is 36.6 Å². The second kappa shape index (κ2) is 8.86. The number of nitrogens with zero attached hydrogens (tertiary/aromatic N) is 1. The summed E-state index contributed by atoms with van der Waals surface area (Å²) in [7, 11) is -3.82. The van der Waals surface area contributed by atoms with Gasteiger partial charge in [-0.3, -0.25) is 9.59 Å². The first-order chi connectivity index (χ1) is 16.3. The van der Waals surface area contributed by atoms with Crippen LogP contribution in [0.25, 0.3) is 16.9 Å². The Morgan fingerprint density at radius 1 is 1.11 bits per heavy atom. The number of hydrogen-bond acceptors (Lipinski definition) is 5. The second-order valence-corrected chi connectivity index (χ2v) is 11.4. The summed E-state index contributed by atoms with van der Waals surface area (Å²) in [4.78, 5) is 25.0. The van der Waals surface area contributed by atoms with E-state index in [0.717, 1.165) is 33.8 Å². The van der Waals surface area contributed by atoms with Crippen LogP contribution < -0.4 is 10.5 Å². The van der Waals surface area contributed by atoms with Crippen molar-refractivity contribution in [3.8, 4) is 16.9 Å². The molecule has 8 heteroatoms. The van der Waals surface area contributed by atoms with Crippen molar-refractivity contribution in [2.24, 2.45) is 5.14 Å². The lowest BCUT2D eigenvalue weighted by Crippen LogP contribution is -2.44. The van der Waals surface area contributed by atoms with Crippen LogP contribution in [0.2, 0.25) is 0 Å². The van der Waals surface area contributed by atoms with E-state index in [-0.39, 0.29) is 27.9 Å². The number of fused-ring (bicyclic) bond motifs is 1. The van der Waals surface area contributed by atoms with Gasteiger partial charge in [-0.1, -0.05) is 32.9 Å². The van der Waals surface area contributed by atoms with Crippen LogP contribution in [0.4, 0.5) is 0 Å². The molecule has 1 aliphatic rings. The topological polar surface area (TPSA) is 111 Å². The van der Waals surface area contributed by atoms with Gasteiger partial charge < -0.3 is 9.88 Å². The van der Waals surface area contributed by atoms with Gasteiger partial charge in [-0.25, -0.2) is 13.6 Å². The van der Waals surface area contributed by atoms with E-state index >= 15 is 0 Å². The monoisotopic (exact) mass is 493 g/mol. The van der Waals surface area contributed by atoms with Crippen molar-refractivity contribution in [1.29, 1.82) is 0 Å². The minimum absolute atomic E-state index is 0.0239. The van der Waals surface area contributed by atoms with Gasteiger partial charge in [0.1, 0.15) is 0 Å². The Kier molecular flexibility index (Phi) is 6.34. The van der Waals surface area contributed by atoms with Crippen LogP contribution in [0.3, 0.4) is 0 Å². The Hall–Kier alpha value is -3.07. The fourth-order valence-corrected chi connectivity index (χ4v) is 5.40. The lowest BCUT2D eigenvalue weighted by molar-refractivity contribution is -0.119. The van der Waals surface area contributed by atoms with Crippen LogP contribution in [0.5, 0.6) is 0 Å². The maximum Gasteiger partial charge on any atom is 0.238 e. The maximum absolute atomic E-state index is 12.7. The highest BCUT2D eigenvalue weighted by molar-refractivity contribution is 7.89. The zero-order chi connectivity index (χ0) is 25.7. The Morgan fingerprint density at radius 3 is 2.34 bits per heavy atom. The zero-order valence-electron chi connectivity index (χ0n) is 20.7. The molecule has 1 aliphatic heterocycles. The molecule has 0 saturated carbocycles. The molecular formula is C27H31N3O4S. The van der Waals surface area contributed by atoms with E-state index in [2.05, 4.69) is 25.2 Å². The second-order valence-electron chi connectivity index (χ2n) is 9.79. The molecule has 0 bridgehead atoms. The number of nitrogens with two attached hydrogens (primary N) is 1. The highest BCUT2D eigenvalue weighted by atomic mass is 32.2. The molecule has 35 heavy (non-hydrogen) atoms. The Labute approximate surface area is 206 Å². The molecule has 0 fully saturated rings. The molecule has 0 amide bonds. The minimum Gasteiger partial charge on any atom is -0.313 e. The number of rotatable bonds is 6. The molecule has 0 radical (unpaired) electrons. The van der Waals surface area contributed by atoms with E-state index in [1.165, 1.54) is 12.1 Å². The SMILES string of the molecule is CCC(=O)c1cc(-c2ccc3c(c2)C(C)(C)CNC3C(C)=O)n(-c2ccc(S(N)(=O)=O)cc2)c1C. The molecule has 0 spiro atoms. The third-order valence-electron chi connectivity index (χ3n) is 6.84. The van der Waals surface area contributed by atoms with Gasteiger partial charge in [0.2, 0.25) is 10.0 Å². The van der Waals surface area contributed by atoms with Gasteiger partial charge in [0.25, 0.3) is 0 Å². The predicted molar refractivity (Wildman–Crippen MR) is 136 cm³/mol. The molecular weight excluding hydrogens is 462 g/mol. The summed E-state index contributed by atoms with van der Waals surface area (Å²) in [5.74, 6) is 0.0993. The van der Waals surface area contributed by atoms with Crippen LogP contribution in [-0.4, -0.2) is 31.1 Å². The van der Waals surface area contributed by atoms with Crippen molar-refractivity contribution < 1.29 is 18.0 Å². The third-order valence-corrected chi connectivity index (χ3v) is 7.77. The number of nitrogens with one attached hydrogen (secondary N) is 1. The summed E-state index contributed by atoms with van der Waals surface area (Å²) in [5.41, 5.74) is 5.72. The van der Waals surface area contributed by atoms with E-state index in [4.69, 9.17) is 5.14 Å². The van der Waals surface area contributed by atoms with Crippen molar-refractivity contribution in [2.45, 2.75) is 57.4 Å². The fraction of sp³-hybridized carbons (Fsp3) is 0.333. The van der Waals surface area contributed by atoms with Gasteiger partial charge in [-0.15, -0.1) is 0 Å². The normalized spacial score (nSPS) is 17.1. The lowest BCUT2D eigenvalue weighted by atomic mass is 9.75. The molecule has 7 nitrogen and oxygen atoms in total. The molecule has 0 aliphatic carbocycles. The quantitative estimate of drug-likeness (QED) is 0.500. The number of hydrogen-bond donors (Lipinski definition) is 2. The van der Waals surface area contributed by atoms with E-state index < -0.39 is 10.0 Å². The molecule has 3 aromatic rings. The largest absolute Gasteiger partial charge is 0.313 e. The van der Waals surface area contributed by atoms with Crippen LogP contribution in [0.15, 0.2) is 53.4 Å². The van der Waals surface area contributed by atoms with Gasteiger partial charge >= 0.3 is 0 Å². The summed E-state index contributed by atoms with van der Waals surface area (Å²) in [6.07, 6.45) is 0.373.